The van der Waals surface area contributed by atoms with E-state index in [0.717, 1.165) is 5.56 Å². The van der Waals surface area contributed by atoms with Crippen LogP contribution >= 0.6 is 0 Å². The van der Waals surface area contributed by atoms with Crippen molar-refractivity contribution in [1.29, 1.82) is 0 Å². The Hall–Kier alpha value is -3.55. The van der Waals surface area contributed by atoms with Crippen molar-refractivity contribution < 1.29 is 9.72 Å². The maximum Gasteiger partial charge on any atom is 0.295 e. The van der Waals surface area contributed by atoms with Crippen LogP contribution in [-0.2, 0) is 0 Å². The molecule has 0 aliphatic carbocycles. The van der Waals surface area contributed by atoms with Crippen LogP contribution in [0.5, 0.6) is 0 Å². The lowest BCUT2D eigenvalue weighted by Crippen LogP contribution is -2.26. The average Bonchev–Trinajstić information content (AvgIpc) is 3.22. The Bertz CT molecular complexity index is 982. The molecule has 1 unspecified atom stereocenters. The number of amides is 1. The summed E-state index contributed by atoms with van der Waals surface area (Å²) in [7, 11) is 0. The van der Waals surface area contributed by atoms with Crippen molar-refractivity contribution in [3.05, 3.63) is 81.9 Å². The molecule has 1 atom stereocenters. The van der Waals surface area contributed by atoms with Crippen molar-refractivity contribution in [2.24, 2.45) is 0 Å². The van der Waals surface area contributed by atoms with Crippen LogP contribution in [0.4, 0.5) is 5.69 Å². The topological polar surface area (TPSA) is 103 Å². The van der Waals surface area contributed by atoms with Crippen LogP contribution in [0.15, 0.2) is 55.1 Å². The fraction of sp³-hybridized carbons (Fsp3) is 0.250. The zero-order chi connectivity index (χ0) is 20.3. The smallest absolute Gasteiger partial charge is 0.295 e. The first kappa shape index (κ1) is 19.2. The third-order valence-corrected chi connectivity index (χ3v) is 4.55. The predicted molar refractivity (Wildman–Crippen MR) is 104 cm³/mol. The number of rotatable bonds is 6. The summed E-state index contributed by atoms with van der Waals surface area (Å²) in [6, 6.07) is 12.1. The molecule has 3 rings (SSSR count). The second-order valence-corrected chi connectivity index (χ2v) is 6.82. The van der Waals surface area contributed by atoms with E-state index in [1.165, 1.54) is 41.1 Å². The Balaban J connectivity index is 1.80. The van der Waals surface area contributed by atoms with E-state index in [1.807, 2.05) is 31.2 Å². The van der Waals surface area contributed by atoms with E-state index >= 15 is 0 Å². The molecule has 28 heavy (non-hydrogen) atoms. The van der Waals surface area contributed by atoms with E-state index < -0.39 is 4.92 Å². The third-order valence-electron chi connectivity index (χ3n) is 4.55. The average molecular weight is 379 g/mol. The van der Waals surface area contributed by atoms with Gasteiger partial charge in [0.05, 0.1) is 11.0 Å². The van der Waals surface area contributed by atoms with Gasteiger partial charge in [-0.05, 0) is 36.1 Å². The minimum absolute atomic E-state index is 0.209. The first-order valence-electron chi connectivity index (χ1n) is 8.91. The Labute approximate surface area is 162 Å². The van der Waals surface area contributed by atoms with Crippen molar-refractivity contribution in [2.75, 3.05) is 0 Å². The van der Waals surface area contributed by atoms with Crippen LogP contribution in [-0.4, -0.2) is 25.6 Å². The van der Waals surface area contributed by atoms with Gasteiger partial charge in [0.2, 0.25) is 0 Å². The molecule has 3 aromatic rings. The summed E-state index contributed by atoms with van der Waals surface area (Å²) in [5.41, 5.74) is 2.43. The quantitative estimate of drug-likeness (QED) is 0.518. The van der Waals surface area contributed by atoms with Gasteiger partial charge in [0.25, 0.3) is 11.6 Å². The molecule has 0 aliphatic heterocycles. The lowest BCUT2D eigenvalue weighted by molar-refractivity contribution is -0.384. The molecule has 8 heteroatoms. The highest BCUT2D eigenvalue weighted by Crippen LogP contribution is 2.24. The first-order valence-corrected chi connectivity index (χ1v) is 8.91. The SMILES string of the molecule is CC(C)c1ccc(C(C)NC(=O)c2ccc(-n3cncn3)c([N+](=O)[O-])c2)cc1. The van der Waals surface area contributed by atoms with Crippen LogP contribution in [0.25, 0.3) is 5.69 Å². The molecule has 0 fully saturated rings. The van der Waals surface area contributed by atoms with Gasteiger partial charge < -0.3 is 5.32 Å². The van der Waals surface area contributed by atoms with E-state index in [4.69, 9.17) is 0 Å². The highest BCUT2D eigenvalue weighted by atomic mass is 16.6. The summed E-state index contributed by atoms with van der Waals surface area (Å²) in [4.78, 5) is 27.3. The Morgan fingerprint density at radius 1 is 1.11 bits per heavy atom. The van der Waals surface area contributed by atoms with Gasteiger partial charge in [-0.3, -0.25) is 14.9 Å². The minimum Gasteiger partial charge on any atom is -0.346 e. The van der Waals surface area contributed by atoms with E-state index in [2.05, 4.69) is 29.2 Å². The minimum atomic E-state index is -0.540. The van der Waals surface area contributed by atoms with Gasteiger partial charge in [0, 0.05) is 11.6 Å². The van der Waals surface area contributed by atoms with Crippen LogP contribution in [0, 0.1) is 10.1 Å². The molecule has 0 saturated carbocycles. The summed E-state index contributed by atoms with van der Waals surface area (Å²) in [6.45, 7) is 6.12. The van der Waals surface area contributed by atoms with Crippen LogP contribution in [0.2, 0.25) is 0 Å². The summed E-state index contributed by atoms with van der Waals surface area (Å²) in [5.74, 6) is 0.0525. The fourth-order valence-electron chi connectivity index (χ4n) is 2.87. The lowest BCUT2D eigenvalue weighted by atomic mass is 9.99. The first-order chi connectivity index (χ1) is 13.4. The molecule has 0 spiro atoms. The molecular weight excluding hydrogens is 358 g/mol. The van der Waals surface area contributed by atoms with Gasteiger partial charge in [-0.15, -0.1) is 0 Å². The Morgan fingerprint density at radius 2 is 1.79 bits per heavy atom. The molecular formula is C20H21N5O3. The summed E-state index contributed by atoms with van der Waals surface area (Å²) >= 11 is 0. The molecule has 8 nitrogen and oxygen atoms in total. The number of nitrogens with one attached hydrogen (secondary N) is 1. The number of nitro benzene ring substituents is 1. The lowest BCUT2D eigenvalue weighted by Gasteiger charge is -2.16. The van der Waals surface area contributed by atoms with Crippen molar-refractivity contribution >= 4 is 11.6 Å². The molecule has 2 aromatic carbocycles. The maximum absolute atomic E-state index is 12.6. The molecule has 1 heterocycles. The monoisotopic (exact) mass is 379 g/mol. The highest BCUT2D eigenvalue weighted by Gasteiger charge is 2.20. The number of nitro groups is 1. The standard InChI is InChI=1S/C20H21N5O3/c1-13(2)15-4-6-16(7-5-15)14(3)23-20(26)17-8-9-18(19(10-17)25(27)28)24-12-21-11-22-24/h4-14H,1-3H3,(H,23,26). The van der Waals surface area contributed by atoms with Gasteiger partial charge >= 0.3 is 0 Å². The number of hydrogen-bond donors (Lipinski definition) is 1. The van der Waals surface area contributed by atoms with Crippen molar-refractivity contribution in [3.8, 4) is 5.69 Å². The molecule has 0 bridgehead atoms. The zero-order valence-corrected chi connectivity index (χ0v) is 15.9. The second-order valence-electron chi connectivity index (χ2n) is 6.82. The number of carbonyl (C=O) groups excluding carboxylic acids is 1. The summed E-state index contributed by atoms with van der Waals surface area (Å²) in [6.07, 6.45) is 2.65. The van der Waals surface area contributed by atoms with Crippen molar-refractivity contribution in [2.45, 2.75) is 32.7 Å². The number of aromatic nitrogens is 3. The summed E-state index contributed by atoms with van der Waals surface area (Å²) < 4.78 is 1.29. The van der Waals surface area contributed by atoms with E-state index in [-0.39, 0.29) is 28.9 Å². The molecule has 1 amide bonds. The number of benzene rings is 2. The molecule has 0 saturated heterocycles. The van der Waals surface area contributed by atoms with Gasteiger partial charge in [0.15, 0.2) is 0 Å². The highest BCUT2D eigenvalue weighted by molar-refractivity contribution is 5.95. The van der Waals surface area contributed by atoms with Crippen molar-refractivity contribution in [3.63, 3.8) is 0 Å². The summed E-state index contributed by atoms with van der Waals surface area (Å²) in [5, 5.41) is 18.2. The molecule has 0 aliphatic rings. The van der Waals surface area contributed by atoms with E-state index in [9.17, 15) is 14.9 Å². The molecule has 1 aromatic heterocycles. The molecule has 0 radical (unpaired) electrons. The molecule has 1 N–H and O–H groups in total. The van der Waals surface area contributed by atoms with Crippen molar-refractivity contribution in [1.82, 2.24) is 20.1 Å². The second kappa shape index (κ2) is 7.99. The maximum atomic E-state index is 12.6. The van der Waals surface area contributed by atoms with Gasteiger partial charge in [-0.2, -0.15) is 5.10 Å². The largest absolute Gasteiger partial charge is 0.346 e. The Kier molecular flexibility index (Phi) is 5.49. The predicted octanol–water partition coefficient (Wildman–Crippen LogP) is 3.79. The fourth-order valence-corrected chi connectivity index (χ4v) is 2.87. The zero-order valence-electron chi connectivity index (χ0n) is 15.9. The molecule has 144 valence electrons. The van der Waals surface area contributed by atoms with E-state index in [1.54, 1.807) is 0 Å². The Morgan fingerprint density at radius 3 is 2.36 bits per heavy atom. The number of nitrogens with zero attached hydrogens (tertiary/aromatic N) is 4. The van der Waals surface area contributed by atoms with E-state index in [0.29, 0.717) is 5.92 Å². The van der Waals surface area contributed by atoms with Crippen LogP contribution in [0.1, 0.15) is 54.2 Å². The van der Waals surface area contributed by atoms with Gasteiger partial charge in [0.1, 0.15) is 18.3 Å². The third kappa shape index (κ3) is 4.06. The number of carbonyl (C=O) groups is 1. The normalized spacial score (nSPS) is 12.0. The van der Waals surface area contributed by atoms with Gasteiger partial charge in [-0.1, -0.05) is 38.1 Å². The number of hydrogen-bond acceptors (Lipinski definition) is 5. The van der Waals surface area contributed by atoms with Gasteiger partial charge in [-0.25, -0.2) is 9.67 Å². The van der Waals surface area contributed by atoms with Crippen LogP contribution in [0.3, 0.4) is 0 Å². The van der Waals surface area contributed by atoms with Crippen LogP contribution < -0.4 is 5.32 Å².